The molecule has 1 aliphatic rings. The lowest BCUT2D eigenvalue weighted by atomic mass is 9.88. The molecule has 1 aliphatic carbocycles. The number of ether oxygens (including phenoxy) is 1. The van der Waals surface area contributed by atoms with Gasteiger partial charge in [-0.05, 0) is 80.6 Å². The zero-order chi connectivity index (χ0) is 31.3. The SMILES string of the molecule is CCOc1ccc(C(=O)CC(C(=O)NC2CCC(Nc3nc(N(C)C)c4ccccc4n3)CC2)c2c[nH]c3ccccc23)cc1. The molecule has 9 heteroatoms. The smallest absolute Gasteiger partial charge is 0.228 e. The molecular weight excluding hydrogens is 564 g/mol. The molecule has 6 rings (SSSR count). The Labute approximate surface area is 263 Å². The summed E-state index contributed by atoms with van der Waals surface area (Å²) in [6, 6.07) is 23.3. The van der Waals surface area contributed by atoms with Crippen molar-refractivity contribution >= 4 is 45.3 Å². The molecule has 2 aromatic heterocycles. The lowest BCUT2D eigenvalue weighted by molar-refractivity contribution is -0.123. The topological polar surface area (TPSA) is 112 Å². The lowest BCUT2D eigenvalue weighted by Crippen LogP contribution is -2.42. The van der Waals surface area contributed by atoms with Gasteiger partial charge in [0.1, 0.15) is 11.6 Å². The number of anilines is 2. The number of carbonyl (C=O) groups excluding carboxylic acids is 2. The number of hydrogen-bond acceptors (Lipinski definition) is 7. The van der Waals surface area contributed by atoms with E-state index in [0.29, 0.717) is 18.1 Å². The molecule has 0 spiro atoms. The Bertz CT molecular complexity index is 1790. The monoisotopic (exact) mass is 604 g/mol. The van der Waals surface area contributed by atoms with Gasteiger partial charge in [-0.25, -0.2) is 4.98 Å². The third kappa shape index (κ3) is 6.77. The van der Waals surface area contributed by atoms with Gasteiger partial charge in [-0.15, -0.1) is 0 Å². The number of aromatic nitrogens is 3. The van der Waals surface area contributed by atoms with Crippen molar-refractivity contribution in [2.75, 3.05) is 30.9 Å². The second kappa shape index (κ2) is 13.4. The van der Waals surface area contributed by atoms with Crippen molar-refractivity contribution in [1.29, 1.82) is 0 Å². The van der Waals surface area contributed by atoms with E-state index in [1.807, 2.05) is 80.6 Å². The molecule has 0 saturated heterocycles. The molecule has 1 amide bonds. The van der Waals surface area contributed by atoms with Gasteiger partial charge < -0.3 is 25.3 Å². The maximum absolute atomic E-state index is 13.9. The van der Waals surface area contributed by atoms with E-state index in [0.717, 1.165) is 64.6 Å². The summed E-state index contributed by atoms with van der Waals surface area (Å²) in [6.45, 7) is 2.48. The summed E-state index contributed by atoms with van der Waals surface area (Å²) >= 11 is 0. The Hall–Kier alpha value is -4.92. The van der Waals surface area contributed by atoms with Crippen LogP contribution in [0.3, 0.4) is 0 Å². The number of ketones is 1. The van der Waals surface area contributed by atoms with E-state index in [1.54, 1.807) is 24.3 Å². The van der Waals surface area contributed by atoms with Gasteiger partial charge >= 0.3 is 0 Å². The summed E-state index contributed by atoms with van der Waals surface area (Å²) in [4.78, 5) is 42.2. The molecule has 2 heterocycles. The van der Waals surface area contributed by atoms with Crippen LogP contribution >= 0.6 is 0 Å². The van der Waals surface area contributed by atoms with Crippen LogP contribution in [-0.2, 0) is 4.79 Å². The van der Waals surface area contributed by atoms with Crippen LogP contribution in [0.5, 0.6) is 5.75 Å². The van der Waals surface area contributed by atoms with Crippen LogP contribution in [0, 0.1) is 0 Å². The molecule has 5 aromatic rings. The van der Waals surface area contributed by atoms with E-state index in [-0.39, 0.29) is 30.2 Å². The molecule has 1 unspecified atom stereocenters. The number of fused-ring (bicyclic) bond motifs is 2. The number of rotatable bonds is 11. The first-order valence-corrected chi connectivity index (χ1v) is 15.7. The fourth-order valence-corrected chi connectivity index (χ4v) is 6.26. The van der Waals surface area contributed by atoms with Gasteiger partial charge in [0, 0.05) is 60.6 Å². The van der Waals surface area contributed by atoms with Crippen molar-refractivity contribution in [3.63, 3.8) is 0 Å². The molecule has 9 nitrogen and oxygen atoms in total. The summed E-state index contributed by atoms with van der Waals surface area (Å²) in [5.41, 5.74) is 3.25. The van der Waals surface area contributed by atoms with E-state index >= 15 is 0 Å². The minimum atomic E-state index is -0.619. The number of amides is 1. The van der Waals surface area contributed by atoms with Crippen LogP contribution in [0.25, 0.3) is 21.8 Å². The standard InChI is InChI=1S/C36H40N6O3/c1-4-45-26-19-13-23(14-20-26)33(43)21-29(30-22-37-31-11-7-5-9-27(30)31)35(44)38-24-15-17-25(18-16-24)39-36-40-32-12-8-6-10-28(32)34(41-36)42(2)3/h5-14,19-20,22,24-25,29,37H,4,15-18,21H2,1-3H3,(H,38,44)(H,39,40,41). The zero-order valence-corrected chi connectivity index (χ0v) is 26.0. The summed E-state index contributed by atoms with van der Waals surface area (Å²) < 4.78 is 5.53. The van der Waals surface area contributed by atoms with Gasteiger partial charge in [0.25, 0.3) is 0 Å². The van der Waals surface area contributed by atoms with Gasteiger partial charge in [-0.1, -0.05) is 30.3 Å². The molecule has 0 radical (unpaired) electrons. The quantitative estimate of drug-likeness (QED) is 0.148. The maximum Gasteiger partial charge on any atom is 0.228 e. The van der Waals surface area contributed by atoms with Gasteiger partial charge in [0.15, 0.2) is 5.78 Å². The Balaban J connectivity index is 1.13. The number of hydrogen-bond donors (Lipinski definition) is 3. The zero-order valence-electron chi connectivity index (χ0n) is 26.0. The lowest BCUT2D eigenvalue weighted by Gasteiger charge is -2.31. The number of para-hydroxylation sites is 2. The summed E-state index contributed by atoms with van der Waals surface area (Å²) in [5.74, 6) is 1.40. The predicted molar refractivity (Wildman–Crippen MR) is 179 cm³/mol. The number of Topliss-reactive ketones (excluding diaryl/α,β-unsaturated/α-hetero) is 1. The highest BCUT2D eigenvalue weighted by Gasteiger charge is 2.30. The van der Waals surface area contributed by atoms with Crippen LogP contribution < -0.4 is 20.3 Å². The second-order valence-electron chi connectivity index (χ2n) is 11.9. The fraction of sp³-hybridized carbons (Fsp3) is 0.333. The fourth-order valence-electron chi connectivity index (χ4n) is 6.26. The third-order valence-corrected chi connectivity index (χ3v) is 8.60. The van der Waals surface area contributed by atoms with Gasteiger partial charge in [-0.3, -0.25) is 9.59 Å². The first-order valence-electron chi connectivity index (χ1n) is 15.7. The van der Waals surface area contributed by atoms with E-state index in [2.05, 4.69) is 15.6 Å². The minimum absolute atomic E-state index is 0.0266. The third-order valence-electron chi connectivity index (χ3n) is 8.60. The molecule has 1 fully saturated rings. The number of carbonyl (C=O) groups is 2. The van der Waals surface area contributed by atoms with Crippen molar-refractivity contribution in [3.05, 3.63) is 90.1 Å². The van der Waals surface area contributed by atoms with E-state index < -0.39 is 5.92 Å². The molecule has 232 valence electrons. The van der Waals surface area contributed by atoms with Crippen LogP contribution in [0.2, 0.25) is 0 Å². The van der Waals surface area contributed by atoms with E-state index in [4.69, 9.17) is 14.7 Å². The highest BCUT2D eigenvalue weighted by atomic mass is 16.5. The molecule has 1 atom stereocenters. The predicted octanol–water partition coefficient (Wildman–Crippen LogP) is 6.47. The number of nitrogens with zero attached hydrogens (tertiary/aromatic N) is 3. The second-order valence-corrected chi connectivity index (χ2v) is 11.9. The molecule has 0 aliphatic heterocycles. The van der Waals surface area contributed by atoms with Crippen molar-refractivity contribution < 1.29 is 14.3 Å². The van der Waals surface area contributed by atoms with E-state index in [9.17, 15) is 9.59 Å². The number of benzene rings is 3. The highest BCUT2D eigenvalue weighted by molar-refractivity contribution is 6.02. The van der Waals surface area contributed by atoms with E-state index in [1.165, 1.54) is 0 Å². The van der Waals surface area contributed by atoms with Gasteiger partial charge in [0.2, 0.25) is 11.9 Å². The summed E-state index contributed by atoms with van der Waals surface area (Å²) in [7, 11) is 3.98. The maximum atomic E-state index is 13.9. The number of H-pyrrole nitrogens is 1. The van der Waals surface area contributed by atoms with Crippen LogP contribution in [0.4, 0.5) is 11.8 Å². The van der Waals surface area contributed by atoms with Crippen molar-refractivity contribution in [2.45, 2.75) is 57.0 Å². The summed E-state index contributed by atoms with van der Waals surface area (Å²) in [5, 5.41) is 8.82. The molecular formula is C36H40N6O3. The first-order chi connectivity index (χ1) is 21.9. The van der Waals surface area contributed by atoms with Gasteiger partial charge in [-0.2, -0.15) is 4.98 Å². The van der Waals surface area contributed by atoms with Crippen molar-refractivity contribution in [2.24, 2.45) is 0 Å². The first kappa shape index (κ1) is 30.1. The average Bonchev–Trinajstić information content (AvgIpc) is 3.48. The minimum Gasteiger partial charge on any atom is -0.494 e. The Morgan fingerprint density at radius 2 is 1.60 bits per heavy atom. The Kier molecular flexibility index (Phi) is 8.96. The van der Waals surface area contributed by atoms with Crippen LogP contribution in [-0.4, -0.2) is 59.4 Å². The highest BCUT2D eigenvalue weighted by Crippen LogP contribution is 2.31. The average molecular weight is 605 g/mol. The van der Waals surface area contributed by atoms with Crippen molar-refractivity contribution in [1.82, 2.24) is 20.3 Å². The molecule has 1 saturated carbocycles. The largest absolute Gasteiger partial charge is 0.494 e. The Morgan fingerprint density at radius 3 is 2.33 bits per heavy atom. The van der Waals surface area contributed by atoms with Crippen molar-refractivity contribution in [3.8, 4) is 5.75 Å². The molecule has 0 bridgehead atoms. The normalized spacial score (nSPS) is 17.1. The van der Waals surface area contributed by atoms with Crippen LogP contribution in [0.15, 0.2) is 79.0 Å². The molecule has 3 aromatic carbocycles. The summed E-state index contributed by atoms with van der Waals surface area (Å²) in [6.07, 6.45) is 5.34. The van der Waals surface area contributed by atoms with Gasteiger partial charge in [0.05, 0.1) is 18.0 Å². The Morgan fingerprint density at radius 1 is 0.911 bits per heavy atom. The molecule has 3 N–H and O–H groups in total. The number of nitrogens with one attached hydrogen (secondary N) is 3. The number of aromatic amines is 1. The van der Waals surface area contributed by atoms with Crippen LogP contribution in [0.1, 0.15) is 60.9 Å². The molecule has 45 heavy (non-hydrogen) atoms.